The molecule has 28 heavy (non-hydrogen) atoms. The second-order valence-corrected chi connectivity index (χ2v) is 6.32. The minimum atomic E-state index is -4.74. The Balaban J connectivity index is 2.02. The van der Waals surface area contributed by atoms with E-state index in [2.05, 4.69) is 21.4 Å². The van der Waals surface area contributed by atoms with Gasteiger partial charge >= 0.3 is 6.36 Å². The number of hydrogen-bond acceptors (Lipinski definition) is 3. The van der Waals surface area contributed by atoms with Crippen molar-refractivity contribution < 1.29 is 17.9 Å². The van der Waals surface area contributed by atoms with Crippen LogP contribution in [-0.4, -0.2) is 22.1 Å². The molecule has 3 rings (SSSR count). The summed E-state index contributed by atoms with van der Waals surface area (Å²) in [5, 5.41) is 5.46. The van der Waals surface area contributed by atoms with Crippen molar-refractivity contribution >= 4 is 28.6 Å². The van der Waals surface area contributed by atoms with Crippen LogP contribution in [0.2, 0.25) is 0 Å². The molecular formula is C20H19F3N4O. The van der Waals surface area contributed by atoms with E-state index >= 15 is 0 Å². The van der Waals surface area contributed by atoms with Crippen LogP contribution in [0.15, 0.2) is 41.9 Å². The number of aryl methyl sites for hydroxylation is 2. The maximum absolute atomic E-state index is 12.3. The van der Waals surface area contributed by atoms with Crippen molar-refractivity contribution in [1.29, 1.82) is 0 Å². The lowest BCUT2D eigenvalue weighted by Crippen LogP contribution is -2.23. The Labute approximate surface area is 159 Å². The molecule has 1 aromatic heterocycles. The Morgan fingerprint density at radius 2 is 1.82 bits per heavy atom. The van der Waals surface area contributed by atoms with Gasteiger partial charge in [-0.15, -0.1) is 13.2 Å². The fourth-order valence-corrected chi connectivity index (χ4v) is 3.09. The average Bonchev–Trinajstić information content (AvgIpc) is 2.95. The van der Waals surface area contributed by atoms with Crippen molar-refractivity contribution in [3.8, 4) is 5.75 Å². The molecule has 0 fully saturated rings. The highest BCUT2D eigenvalue weighted by Crippen LogP contribution is 2.29. The third-order valence-corrected chi connectivity index (χ3v) is 4.51. The summed E-state index contributed by atoms with van der Waals surface area (Å²) in [5.41, 5.74) is 11.3. The minimum Gasteiger partial charge on any atom is -0.406 e. The molecule has 1 heterocycles. The Morgan fingerprint density at radius 1 is 1.18 bits per heavy atom. The lowest BCUT2D eigenvalue weighted by Gasteiger charge is -2.09. The highest BCUT2D eigenvalue weighted by Gasteiger charge is 2.30. The van der Waals surface area contributed by atoms with Gasteiger partial charge in [0, 0.05) is 5.39 Å². The SMILES string of the molecule is C=Cc1cc2c(c(C)nn2C(N)=Nc2ccc(OC(F)(F)F)cc2)c(C)c1C. The Bertz CT molecular complexity index is 1080. The summed E-state index contributed by atoms with van der Waals surface area (Å²) >= 11 is 0. The number of ether oxygens (including phenoxy) is 1. The van der Waals surface area contributed by atoms with Crippen LogP contribution in [0.1, 0.15) is 22.4 Å². The first kappa shape index (κ1) is 19.5. The van der Waals surface area contributed by atoms with Gasteiger partial charge in [0.2, 0.25) is 5.96 Å². The van der Waals surface area contributed by atoms with Crippen LogP contribution in [0, 0.1) is 20.8 Å². The summed E-state index contributed by atoms with van der Waals surface area (Å²) in [6, 6.07) is 7.06. The summed E-state index contributed by atoms with van der Waals surface area (Å²) < 4.78 is 42.1. The van der Waals surface area contributed by atoms with E-state index < -0.39 is 6.36 Å². The standard InChI is InChI=1S/C20H19F3N4O/c1-5-14-10-17-18(12(3)11(14)2)13(4)26-27(17)19(24)25-15-6-8-16(9-7-15)28-20(21,22)23/h5-10H,1H2,2-4H3,(H2,24,25). The molecule has 0 bridgehead atoms. The zero-order valence-corrected chi connectivity index (χ0v) is 15.6. The number of rotatable bonds is 3. The second kappa shape index (κ2) is 7.03. The number of benzene rings is 2. The van der Waals surface area contributed by atoms with Crippen molar-refractivity contribution in [2.45, 2.75) is 27.1 Å². The molecule has 3 aromatic rings. The Hall–Kier alpha value is -3.29. The van der Waals surface area contributed by atoms with E-state index in [1.807, 2.05) is 26.8 Å². The van der Waals surface area contributed by atoms with Crippen LogP contribution < -0.4 is 10.5 Å². The molecule has 0 spiro atoms. The lowest BCUT2D eigenvalue weighted by atomic mass is 9.98. The van der Waals surface area contributed by atoms with E-state index in [4.69, 9.17) is 5.73 Å². The van der Waals surface area contributed by atoms with E-state index in [9.17, 15) is 13.2 Å². The van der Waals surface area contributed by atoms with Crippen molar-refractivity contribution in [3.63, 3.8) is 0 Å². The topological polar surface area (TPSA) is 65.4 Å². The average molecular weight is 388 g/mol. The molecule has 8 heteroatoms. The van der Waals surface area contributed by atoms with Crippen LogP contribution in [0.25, 0.3) is 17.0 Å². The normalized spacial score (nSPS) is 12.4. The van der Waals surface area contributed by atoms with Crippen LogP contribution in [0.3, 0.4) is 0 Å². The summed E-state index contributed by atoms with van der Waals surface area (Å²) in [5.74, 6) is -0.229. The first-order chi connectivity index (χ1) is 13.1. The third-order valence-electron chi connectivity index (χ3n) is 4.51. The molecule has 0 amide bonds. The van der Waals surface area contributed by atoms with Gasteiger partial charge in [-0.3, -0.25) is 0 Å². The van der Waals surface area contributed by atoms with Gasteiger partial charge in [0.1, 0.15) is 5.75 Å². The van der Waals surface area contributed by atoms with E-state index in [1.54, 1.807) is 6.08 Å². The van der Waals surface area contributed by atoms with E-state index in [1.165, 1.54) is 28.9 Å². The van der Waals surface area contributed by atoms with Crippen molar-refractivity contribution in [3.05, 3.63) is 59.3 Å². The van der Waals surface area contributed by atoms with E-state index in [0.29, 0.717) is 5.69 Å². The van der Waals surface area contributed by atoms with Crippen LogP contribution >= 0.6 is 0 Å². The van der Waals surface area contributed by atoms with Gasteiger partial charge in [-0.25, -0.2) is 4.99 Å². The van der Waals surface area contributed by atoms with Gasteiger partial charge in [-0.1, -0.05) is 12.7 Å². The van der Waals surface area contributed by atoms with Gasteiger partial charge in [-0.05, 0) is 67.8 Å². The van der Waals surface area contributed by atoms with Gasteiger partial charge in [0.25, 0.3) is 0 Å². The van der Waals surface area contributed by atoms with Crippen LogP contribution in [0.4, 0.5) is 18.9 Å². The molecular weight excluding hydrogens is 369 g/mol. The molecule has 0 aliphatic carbocycles. The molecule has 0 atom stereocenters. The fourth-order valence-electron chi connectivity index (χ4n) is 3.09. The van der Waals surface area contributed by atoms with E-state index in [0.717, 1.165) is 33.3 Å². The monoisotopic (exact) mass is 388 g/mol. The first-order valence-electron chi connectivity index (χ1n) is 8.43. The van der Waals surface area contributed by atoms with Crippen molar-refractivity contribution in [2.24, 2.45) is 10.7 Å². The summed E-state index contributed by atoms with van der Waals surface area (Å²) in [6.45, 7) is 9.75. The highest BCUT2D eigenvalue weighted by atomic mass is 19.4. The largest absolute Gasteiger partial charge is 0.573 e. The lowest BCUT2D eigenvalue weighted by molar-refractivity contribution is -0.274. The maximum Gasteiger partial charge on any atom is 0.573 e. The molecule has 0 aliphatic rings. The number of halogens is 3. The van der Waals surface area contributed by atoms with Crippen LogP contribution in [-0.2, 0) is 0 Å². The fraction of sp³-hybridized carbons (Fsp3) is 0.200. The van der Waals surface area contributed by atoms with Gasteiger partial charge < -0.3 is 10.5 Å². The minimum absolute atomic E-state index is 0.0980. The predicted octanol–water partition coefficient (Wildman–Crippen LogP) is 5.00. The van der Waals surface area contributed by atoms with Gasteiger partial charge in [0.15, 0.2) is 0 Å². The number of nitrogens with zero attached hydrogens (tertiary/aromatic N) is 3. The van der Waals surface area contributed by atoms with Crippen molar-refractivity contribution in [1.82, 2.24) is 9.78 Å². The molecule has 0 saturated carbocycles. The summed E-state index contributed by atoms with van der Waals surface area (Å²) in [4.78, 5) is 4.27. The van der Waals surface area contributed by atoms with Gasteiger partial charge in [-0.2, -0.15) is 9.78 Å². The zero-order chi connectivity index (χ0) is 20.6. The molecule has 146 valence electrons. The number of hydrogen-bond donors (Lipinski definition) is 1. The molecule has 0 aliphatic heterocycles. The summed E-state index contributed by atoms with van der Waals surface area (Å²) in [6.07, 6.45) is -2.98. The molecule has 0 radical (unpaired) electrons. The van der Waals surface area contributed by atoms with Crippen molar-refractivity contribution in [2.75, 3.05) is 0 Å². The number of aromatic nitrogens is 2. The predicted molar refractivity (Wildman–Crippen MR) is 104 cm³/mol. The summed E-state index contributed by atoms with van der Waals surface area (Å²) in [7, 11) is 0. The maximum atomic E-state index is 12.3. The smallest absolute Gasteiger partial charge is 0.406 e. The molecule has 2 N–H and O–H groups in total. The number of nitrogens with two attached hydrogens (primary N) is 1. The first-order valence-corrected chi connectivity index (χ1v) is 8.43. The molecule has 5 nitrogen and oxygen atoms in total. The number of alkyl halides is 3. The Morgan fingerprint density at radius 3 is 2.39 bits per heavy atom. The van der Waals surface area contributed by atoms with Gasteiger partial charge in [0.05, 0.1) is 16.9 Å². The Kier molecular flexibility index (Phi) is 4.89. The third kappa shape index (κ3) is 3.71. The molecule has 0 unspecified atom stereocenters. The van der Waals surface area contributed by atoms with E-state index in [-0.39, 0.29) is 11.7 Å². The molecule has 0 saturated heterocycles. The number of fused-ring (bicyclic) bond motifs is 1. The van der Waals surface area contributed by atoms with Crippen LogP contribution in [0.5, 0.6) is 5.75 Å². The molecule has 2 aromatic carbocycles. The number of aliphatic imine (C=N–C) groups is 1. The zero-order valence-electron chi connectivity index (χ0n) is 15.6. The highest BCUT2D eigenvalue weighted by molar-refractivity contribution is 5.97. The second-order valence-electron chi connectivity index (χ2n) is 6.32. The quantitative estimate of drug-likeness (QED) is 0.507.